The van der Waals surface area contributed by atoms with Crippen LogP contribution in [0.3, 0.4) is 0 Å². The standard InChI is InChI=1S/C13H17ClN2O2/c1-9(17)12-7-11(14)6-10(13(12)18)8-16-4-2-15-3-5-16/h6-7,15,18H,2-5,8H2,1H3. The van der Waals surface area contributed by atoms with Gasteiger partial charge >= 0.3 is 0 Å². The van der Waals surface area contributed by atoms with Crippen LogP contribution in [-0.4, -0.2) is 42.0 Å². The van der Waals surface area contributed by atoms with Gasteiger partial charge in [-0.2, -0.15) is 0 Å². The predicted molar refractivity (Wildman–Crippen MR) is 71.3 cm³/mol. The van der Waals surface area contributed by atoms with E-state index in [1.165, 1.54) is 13.0 Å². The first-order valence-electron chi connectivity index (χ1n) is 6.03. The van der Waals surface area contributed by atoms with Gasteiger partial charge in [-0.3, -0.25) is 9.69 Å². The molecule has 0 aromatic heterocycles. The van der Waals surface area contributed by atoms with Crippen molar-refractivity contribution < 1.29 is 9.90 Å². The molecule has 0 radical (unpaired) electrons. The van der Waals surface area contributed by atoms with E-state index in [4.69, 9.17) is 11.6 Å². The molecule has 1 heterocycles. The highest BCUT2D eigenvalue weighted by Gasteiger charge is 2.16. The zero-order valence-corrected chi connectivity index (χ0v) is 11.1. The first kappa shape index (κ1) is 13.3. The number of hydrogen-bond acceptors (Lipinski definition) is 4. The molecule has 1 saturated heterocycles. The van der Waals surface area contributed by atoms with Gasteiger partial charge in [0.25, 0.3) is 0 Å². The first-order chi connectivity index (χ1) is 8.58. The lowest BCUT2D eigenvalue weighted by Crippen LogP contribution is -2.42. The van der Waals surface area contributed by atoms with Crippen LogP contribution in [0.5, 0.6) is 5.75 Å². The molecule has 0 unspecified atom stereocenters. The van der Waals surface area contributed by atoms with E-state index in [2.05, 4.69) is 10.2 Å². The average Bonchev–Trinajstić information content (AvgIpc) is 2.34. The summed E-state index contributed by atoms with van der Waals surface area (Å²) in [6.45, 7) is 5.80. The monoisotopic (exact) mass is 268 g/mol. The highest BCUT2D eigenvalue weighted by Crippen LogP contribution is 2.28. The molecule has 0 amide bonds. The number of carbonyl (C=O) groups is 1. The number of nitrogens with zero attached hydrogens (tertiary/aromatic N) is 1. The van der Waals surface area contributed by atoms with Gasteiger partial charge in [0.2, 0.25) is 0 Å². The summed E-state index contributed by atoms with van der Waals surface area (Å²) in [5.41, 5.74) is 1.02. The number of phenols is 1. The molecule has 0 saturated carbocycles. The van der Waals surface area contributed by atoms with Crippen molar-refractivity contribution in [1.82, 2.24) is 10.2 Å². The van der Waals surface area contributed by atoms with Crippen LogP contribution >= 0.6 is 11.6 Å². The summed E-state index contributed by atoms with van der Waals surface area (Å²) in [6.07, 6.45) is 0. The van der Waals surface area contributed by atoms with Gasteiger partial charge in [0.1, 0.15) is 5.75 Å². The zero-order valence-electron chi connectivity index (χ0n) is 10.4. The predicted octanol–water partition coefficient (Wildman–Crippen LogP) is 1.65. The summed E-state index contributed by atoms with van der Waals surface area (Å²) >= 11 is 5.99. The van der Waals surface area contributed by atoms with E-state index in [1.54, 1.807) is 6.07 Å². The van der Waals surface area contributed by atoms with E-state index >= 15 is 0 Å². The van der Waals surface area contributed by atoms with Crippen molar-refractivity contribution in [2.45, 2.75) is 13.5 Å². The Labute approximate surface area is 112 Å². The second-order valence-electron chi connectivity index (χ2n) is 4.54. The molecule has 1 fully saturated rings. The SMILES string of the molecule is CC(=O)c1cc(Cl)cc(CN2CCNCC2)c1O. The Morgan fingerprint density at radius 2 is 2.11 bits per heavy atom. The van der Waals surface area contributed by atoms with Gasteiger partial charge in [0, 0.05) is 43.3 Å². The number of rotatable bonds is 3. The lowest BCUT2D eigenvalue weighted by Gasteiger charge is -2.27. The maximum absolute atomic E-state index is 11.4. The van der Waals surface area contributed by atoms with Crippen LogP contribution in [0.2, 0.25) is 5.02 Å². The Balaban J connectivity index is 2.23. The van der Waals surface area contributed by atoms with E-state index in [-0.39, 0.29) is 11.5 Å². The van der Waals surface area contributed by atoms with Crippen molar-refractivity contribution >= 4 is 17.4 Å². The van der Waals surface area contributed by atoms with Crippen molar-refractivity contribution in [3.8, 4) is 5.75 Å². The Morgan fingerprint density at radius 3 is 2.72 bits per heavy atom. The molecule has 98 valence electrons. The minimum Gasteiger partial charge on any atom is -0.507 e. The maximum atomic E-state index is 11.4. The highest BCUT2D eigenvalue weighted by molar-refractivity contribution is 6.31. The lowest BCUT2D eigenvalue weighted by molar-refractivity contribution is 0.101. The summed E-state index contributed by atoms with van der Waals surface area (Å²) in [5, 5.41) is 13.9. The second kappa shape index (κ2) is 5.69. The third-order valence-corrected chi connectivity index (χ3v) is 3.35. The van der Waals surface area contributed by atoms with Crippen LogP contribution in [0, 0.1) is 0 Å². The number of piperazine rings is 1. The number of halogens is 1. The van der Waals surface area contributed by atoms with Crippen LogP contribution in [-0.2, 0) is 6.54 Å². The van der Waals surface area contributed by atoms with Crippen molar-refractivity contribution in [3.05, 3.63) is 28.3 Å². The maximum Gasteiger partial charge on any atom is 0.163 e. The number of phenolic OH excluding ortho intramolecular Hbond substituents is 1. The van der Waals surface area contributed by atoms with Crippen LogP contribution in [0.4, 0.5) is 0 Å². The molecular weight excluding hydrogens is 252 g/mol. The van der Waals surface area contributed by atoms with Gasteiger partial charge < -0.3 is 10.4 Å². The summed E-state index contributed by atoms with van der Waals surface area (Å²) in [5.74, 6) is -0.109. The summed E-state index contributed by atoms with van der Waals surface area (Å²) < 4.78 is 0. The molecule has 1 aliphatic rings. The topological polar surface area (TPSA) is 52.6 Å². The molecule has 0 atom stereocenters. The normalized spacial score (nSPS) is 16.8. The smallest absolute Gasteiger partial charge is 0.163 e. The minimum atomic E-state index is -0.170. The van der Waals surface area contributed by atoms with E-state index in [0.29, 0.717) is 17.1 Å². The number of hydrogen-bond donors (Lipinski definition) is 2. The van der Waals surface area contributed by atoms with E-state index < -0.39 is 0 Å². The number of nitrogens with one attached hydrogen (secondary N) is 1. The molecule has 0 aliphatic carbocycles. The fourth-order valence-electron chi connectivity index (χ4n) is 2.15. The Hall–Kier alpha value is -1.10. The Morgan fingerprint density at radius 1 is 1.44 bits per heavy atom. The molecule has 0 spiro atoms. The summed E-state index contributed by atoms with van der Waals surface area (Å²) in [7, 11) is 0. The van der Waals surface area contributed by atoms with Crippen molar-refractivity contribution in [3.63, 3.8) is 0 Å². The summed E-state index contributed by atoms with van der Waals surface area (Å²) in [4.78, 5) is 13.6. The lowest BCUT2D eigenvalue weighted by atomic mass is 10.1. The molecule has 1 aromatic carbocycles. The van der Waals surface area contributed by atoms with E-state index in [9.17, 15) is 9.90 Å². The van der Waals surface area contributed by atoms with Crippen LogP contribution in [0.15, 0.2) is 12.1 Å². The summed E-state index contributed by atoms with van der Waals surface area (Å²) in [6, 6.07) is 3.24. The number of aromatic hydroxyl groups is 1. The fraction of sp³-hybridized carbons (Fsp3) is 0.462. The van der Waals surface area contributed by atoms with Crippen molar-refractivity contribution in [1.29, 1.82) is 0 Å². The molecule has 1 aromatic rings. The first-order valence-corrected chi connectivity index (χ1v) is 6.41. The van der Waals surface area contributed by atoms with Gasteiger partial charge in [-0.05, 0) is 19.1 Å². The van der Waals surface area contributed by atoms with Crippen LogP contribution in [0.1, 0.15) is 22.8 Å². The van der Waals surface area contributed by atoms with Gasteiger partial charge in [0.15, 0.2) is 5.78 Å². The number of benzene rings is 1. The molecular formula is C13H17ClN2O2. The Kier molecular flexibility index (Phi) is 4.22. The number of carbonyl (C=O) groups excluding carboxylic acids is 1. The third kappa shape index (κ3) is 3.02. The largest absolute Gasteiger partial charge is 0.507 e. The van der Waals surface area contributed by atoms with E-state index in [0.717, 1.165) is 31.7 Å². The molecule has 2 rings (SSSR count). The molecule has 2 N–H and O–H groups in total. The zero-order chi connectivity index (χ0) is 13.1. The number of Topliss-reactive ketones (excluding diaryl/α,β-unsaturated/α-hetero) is 1. The van der Waals surface area contributed by atoms with Crippen molar-refractivity contribution in [2.75, 3.05) is 26.2 Å². The van der Waals surface area contributed by atoms with Gasteiger partial charge in [-0.15, -0.1) is 0 Å². The van der Waals surface area contributed by atoms with E-state index in [1.807, 2.05) is 0 Å². The van der Waals surface area contributed by atoms with Crippen LogP contribution in [0.25, 0.3) is 0 Å². The van der Waals surface area contributed by atoms with Gasteiger partial charge in [0.05, 0.1) is 5.56 Å². The van der Waals surface area contributed by atoms with Crippen LogP contribution < -0.4 is 5.32 Å². The van der Waals surface area contributed by atoms with Crippen molar-refractivity contribution in [2.24, 2.45) is 0 Å². The molecule has 1 aliphatic heterocycles. The molecule has 18 heavy (non-hydrogen) atoms. The molecule has 5 heteroatoms. The minimum absolute atomic E-state index is 0.0606. The Bertz CT molecular complexity index is 457. The second-order valence-corrected chi connectivity index (χ2v) is 4.98. The fourth-order valence-corrected chi connectivity index (χ4v) is 2.40. The number of ketones is 1. The molecule has 0 bridgehead atoms. The quantitative estimate of drug-likeness (QED) is 0.819. The van der Waals surface area contributed by atoms with Gasteiger partial charge in [-0.1, -0.05) is 11.6 Å². The van der Waals surface area contributed by atoms with Gasteiger partial charge in [-0.25, -0.2) is 0 Å². The highest BCUT2D eigenvalue weighted by atomic mass is 35.5. The third-order valence-electron chi connectivity index (χ3n) is 3.14. The average molecular weight is 269 g/mol. The molecule has 4 nitrogen and oxygen atoms in total.